The largest absolute Gasteiger partial charge is 0.497 e. The Morgan fingerprint density at radius 1 is 1.33 bits per heavy atom. The van der Waals surface area contributed by atoms with E-state index in [9.17, 15) is 0 Å². The lowest BCUT2D eigenvalue weighted by Crippen LogP contribution is -2.14. The van der Waals surface area contributed by atoms with Crippen molar-refractivity contribution in [1.29, 1.82) is 0 Å². The third-order valence-electron chi connectivity index (χ3n) is 2.28. The van der Waals surface area contributed by atoms with Crippen LogP contribution in [0.4, 0.5) is 0 Å². The van der Waals surface area contributed by atoms with Gasteiger partial charge in [0.1, 0.15) is 5.75 Å². The minimum absolute atomic E-state index is 0.0515. The number of hydrogen-bond acceptors (Lipinski definition) is 3. The van der Waals surface area contributed by atoms with E-state index in [0.717, 1.165) is 11.3 Å². The summed E-state index contributed by atoms with van der Waals surface area (Å²) in [6, 6.07) is 5.35. The van der Waals surface area contributed by atoms with Crippen LogP contribution in [-0.2, 0) is 6.42 Å². The molecule has 0 radical (unpaired) electrons. The molecule has 4 heteroatoms. The molecule has 0 spiro atoms. The van der Waals surface area contributed by atoms with E-state index < -0.39 is 0 Å². The maximum absolute atomic E-state index is 8.97. The molecule has 2 N–H and O–H groups in total. The summed E-state index contributed by atoms with van der Waals surface area (Å²) in [5.41, 5.74) is 0.879. The van der Waals surface area contributed by atoms with Crippen molar-refractivity contribution in [2.24, 2.45) is 5.92 Å². The second-order valence-electron chi connectivity index (χ2n) is 3.39. The number of aliphatic hydroxyl groups excluding tert-OH is 2. The molecule has 0 aromatic heterocycles. The first-order valence-corrected chi connectivity index (χ1v) is 5.13. The van der Waals surface area contributed by atoms with Crippen molar-refractivity contribution >= 4 is 11.6 Å². The van der Waals surface area contributed by atoms with Gasteiger partial charge in [0.25, 0.3) is 0 Å². The summed E-state index contributed by atoms with van der Waals surface area (Å²) in [4.78, 5) is 0. The van der Waals surface area contributed by atoms with Gasteiger partial charge in [0.05, 0.1) is 7.11 Å². The maximum atomic E-state index is 8.97. The van der Waals surface area contributed by atoms with E-state index in [0.29, 0.717) is 11.4 Å². The molecule has 0 aliphatic heterocycles. The Hall–Kier alpha value is -0.770. The minimum atomic E-state index is -0.172. The summed E-state index contributed by atoms with van der Waals surface area (Å²) in [5.74, 6) is 0.554. The lowest BCUT2D eigenvalue weighted by molar-refractivity contribution is 0.150. The molecule has 0 saturated carbocycles. The third kappa shape index (κ3) is 3.38. The van der Waals surface area contributed by atoms with Crippen LogP contribution in [-0.4, -0.2) is 30.5 Å². The molecular weight excluding hydrogens is 216 g/mol. The molecule has 0 saturated heterocycles. The van der Waals surface area contributed by atoms with Crippen molar-refractivity contribution in [1.82, 2.24) is 0 Å². The summed E-state index contributed by atoms with van der Waals surface area (Å²) >= 11 is 5.99. The summed E-state index contributed by atoms with van der Waals surface area (Å²) in [5, 5.41) is 18.6. The van der Waals surface area contributed by atoms with Crippen LogP contribution in [0.5, 0.6) is 5.75 Å². The smallest absolute Gasteiger partial charge is 0.119 e. The average molecular weight is 231 g/mol. The number of benzene rings is 1. The van der Waals surface area contributed by atoms with Crippen LogP contribution < -0.4 is 4.74 Å². The fourth-order valence-electron chi connectivity index (χ4n) is 1.33. The highest BCUT2D eigenvalue weighted by atomic mass is 35.5. The van der Waals surface area contributed by atoms with Gasteiger partial charge in [-0.1, -0.05) is 11.6 Å². The zero-order valence-corrected chi connectivity index (χ0v) is 9.37. The first-order valence-electron chi connectivity index (χ1n) is 4.75. The standard InChI is InChI=1S/C11H15ClO3/c1-15-10-2-3-11(12)9(5-10)4-8(6-13)7-14/h2-3,5,8,13-14H,4,6-7H2,1H3. The third-order valence-corrected chi connectivity index (χ3v) is 2.65. The minimum Gasteiger partial charge on any atom is -0.497 e. The van der Waals surface area contributed by atoms with Gasteiger partial charge in [-0.3, -0.25) is 0 Å². The first kappa shape index (κ1) is 12.3. The molecule has 0 atom stereocenters. The molecule has 3 nitrogen and oxygen atoms in total. The lowest BCUT2D eigenvalue weighted by atomic mass is 10.0. The highest BCUT2D eigenvalue weighted by Crippen LogP contribution is 2.24. The second-order valence-corrected chi connectivity index (χ2v) is 3.80. The monoisotopic (exact) mass is 230 g/mol. The van der Waals surface area contributed by atoms with Crippen LogP contribution >= 0.6 is 11.6 Å². The van der Waals surface area contributed by atoms with Gasteiger partial charge in [-0.2, -0.15) is 0 Å². The van der Waals surface area contributed by atoms with Crippen molar-refractivity contribution in [2.45, 2.75) is 6.42 Å². The van der Waals surface area contributed by atoms with Crippen LogP contribution in [0.15, 0.2) is 18.2 Å². The van der Waals surface area contributed by atoms with Crippen molar-refractivity contribution < 1.29 is 14.9 Å². The van der Waals surface area contributed by atoms with Gasteiger partial charge in [-0.05, 0) is 30.2 Å². The molecule has 1 rings (SSSR count). The summed E-state index contributed by atoms with van der Waals surface area (Å²) in [6.45, 7) is -0.103. The zero-order valence-electron chi connectivity index (χ0n) is 8.61. The Kier molecular flexibility index (Phi) is 4.88. The number of halogens is 1. The van der Waals surface area contributed by atoms with E-state index in [4.69, 9.17) is 26.6 Å². The quantitative estimate of drug-likeness (QED) is 0.806. The molecule has 0 aliphatic carbocycles. The summed E-state index contributed by atoms with van der Waals surface area (Å²) < 4.78 is 5.08. The van der Waals surface area contributed by atoms with Gasteiger partial charge in [0.2, 0.25) is 0 Å². The van der Waals surface area contributed by atoms with Crippen LogP contribution in [0.3, 0.4) is 0 Å². The van der Waals surface area contributed by atoms with Crippen molar-refractivity contribution in [3.05, 3.63) is 28.8 Å². The van der Waals surface area contributed by atoms with E-state index in [1.807, 2.05) is 6.07 Å². The van der Waals surface area contributed by atoms with Crippen LogP contribution in [0.2, 0.25) is 5.02 Å². The Bertz CT molecular complexity index is 311. The van der Waals surface area contributed by atoms with Crippen LogP contribution in [0.1, 0.15) is 5.56 Å². The molecule has 0 amide bonds. The highest BCUT2D eigenvalue weighted by molar-refractivity contribution is 6.31. The molecule has 84 valence electrons. The van der Waals surface area contributed by atoms with Gasteiger partial charge in [-0.15, -0.1) is 0 Å². The highest BCUT2D eigenvalue weighted by Gasteiger charge is 2.10. The van der Waals surface area contributed by atoms with E-state index in [-0.39, 0.29) is 19.1 Å². The van der Waals surface area contributed by atoms with E-state index in [2.05, 4.69) is 0 Å². The normalized spacial score (nSPS) is 10.7. The molecule has 0 bridgehead atoms. The number of methoxy groups -OCH3 is 1. The first-order chi connectivity index (χ1) is 7.21. The molecule has 1 aromatic rings. The van der Waals surface area contributed by atoms with Gasteiger partial charge >= 0.3 is 0 Å². The van der Waals surface area contributed by atoms with Crippen molar-refractivity contribution in [3.8, 4) is 5.75 Å². The Morgan fingerprint density at radius 3 is 2.53 bits per heavy atom. The Balaban J connectivity index is 2.82. The van der Waals surface area contributed by atoms with Crippen LogP contribution in [0, 0.1) is 5.92 Å². The number of aliphatic hydroxyl groups is 2. The van der Waals surface area contributed by atoms with Crippen molar-refractivity contribution in [3.63, 3.8) is 0 Å². The number of rotatable bonds is 5. The Labute approximate surface area is 94.3 Å². The SMILES string of the molecule is COc1ccc(Cl)c(CC(CO)CO)c1. The number of ether oxygens (including phenoxy) is 1. The number of hydrogen-bond donors (Lipinski definition) is 2. The maximum Gasteiger partial charge on any atom is 0.119 e. The predicted octanol–water partition coefficient (Wildman–Crippen LogP) is 1.49. The second kappa shape index (κ2) is 5.95. The molecule has 0 aliphatic rings. The van der Waals surface area contributed by atoms with Crippen molar-refractivity contribution in [2.75, 3.05) is 20.3 Å². The Morgan fingerprint density at radius 2 is 2.00 bits per heavy atom. The molecule has 0 heterocycles. The molecular formula is C11H15ClO3. The van der Waals surface area contributed by atoms with E-state index in [1.165, 1.54) is 0 Å². The van der Waals surface area contributed by atoms with Gasteiger partial charge in [-0.25, -0.2) is 0 Å². The molecule has 15 heavy (non-hydrogen) atoms. The molecule has 0 fully saturated rings. The van der Waals surface area contributed by atoms with E-state index >= 15 is 0 Å². The lowest BCUT2D eigenvalue weighted by Gasteiger charge is -2.12. The van der Waals surface area contributed by atoms with E-state index in [1.54, 1.807) is 19.2 Å². The van der Waals surface area contributed by atoms with Crippen LogP contribution in [0.25, 0.3) is 0 Å². The zero-order chi connectivity index (χ0) is 11.3. The van der Waals surface area contributed by atoms with Gasteiger partial charge < -0.3 is 14.9 Å². The van der Waals surface area contributed by atoms with Gasteiger partial charge in [0.15, 0.2) is 0 Å². The molecule has 1 aromatic carbocycles. The van der Waals surface area contributed by atoms with Gasteiger partial charge in [0, 0.05) is 24.2 Å². The predicted molar refractivity (Wildman–Crippen MR) is 59.4 cm³/mol. The fourth-order valence-corrected chi connectivity index (χ4v) is 1.53. The summed E-state index contributed by atoms with van der Waals surface area (Å²) in [7, 11) is 1.59. The molecule has 0 unspecified atom stereocenters. The fraction of sp³-hybridized carbons (Fsp3) is 0.455. The summed E-state index contributed by atoms with van der Waals surface area (Å²) in [6.07, 6.45) is 0.545. The average Bonchev–Trinajstić information content (AvgIpc) is 2.28. The topological polar surface area (TPSA) is 49.7 Å².